The van der Waals surface area contributed by atoms with Crippen molar-refractivity contribution in [1.29, 1.82) is 0 Å². The average molecular weight is 325 g/mol. The molecular formula is C12H14F3NO4S. The summed E-state index contributed by atoms with van der Waals surface area (Å²) in [7, 11) is -4.43. The Morgan fingerprint density at radius 3 is 2.62 bits per heavy atom. The van der Waals surface area contributed by atoms with Gasteiger partial charge in [-0.05, 0) is 19.1 Å². The van der Waals surface area contributed by atoms with E-state index in [1.54, 1.807) is 6.92 Å². The highest BCUT2D eigenvalue weighted by Gasteiger charge is 2.40. The Labute approximate surface area is 119 Å². The minimum atomic E-state index is -4.43. The van der Waals surface area contributed by atoms with Gasteiger partial charge in [0.15, 0.2) is 17.5 Å². The smallest absolute Gasteiger partial charge is 0.243 e. The Morgan fingerprint density at radius 2 is 2.05 bits per heavy atom. The third kappa shape index (κ3) is 3.05. The van der Waals surface area contributed by atoms with Crippen LogP contribution in [0.25, 0.3) is 0 Å². The number of benzene rings is 1. The van der Waals surface area contributed by atoms with Gasteiger partial charge in [-0.25, -0.2) is 26.3 Å². The van der Waals surface area contributed by atoms with Gasteiger partial charge >= 0.3 is 0 Å². The fraction of sp³-hybridized carbons (Fsp3) is 0.500. The van der Waals surface area contributed by atoms with Crippen molar-refractivity contribution in [3.8, 4) is 0 Å². The maximum Gasteiger partial charge on any atom is 0.243 e. The molecule has 0 aromatic heterocycles. The Balaban J connectivity index is 2.22. The van der Waals surface area contributed by atoms with Crippen molar-refractivity contribution < 1.29 is 31.4 Å². The highest BCUT2D eigenvalue weighted by atomic mass is 32.2. The Hall–Kier alpha value is -1.16. The maximum absolute atomic E-state index is 13.5. The van der Waals surface area contributed by atoms with Crippen molar-refractivity contribution in [3.05, 3.63) is 29.6 Å². The first-order valence-corrected chi connectivity index (χ1v) is 7.63. The molecule has 9 heteroatoms. The largest absolute Gasteiger partial charge is 0.386 e. The zero-order valence-corrected chi connectivity index (χ0v) is 11.9. The highest BCUT2D eigenvalue weighted by Crippen LogP contribution is 2.26. The Morgan fingerprint density at radius 1 is 1.38 bits per heavy atom. The van der Waals surface area contributed by atoms with Crippen molar-refractivity contribution in [2.45, 2.75) is 29.9 Å². The lowest BCUT2D eigenvalue weighted by Gasteiger charge is -2.26. The summed E-state index contributed by atoms with van der Waals surface area (Å²) in [5, 5.41) is 10.2. The summed E-state index contributed by atoms with van der Waals surface area (Å²) < 4.78 is 70.4. The molecule has 0 amide bonds. The Bertz CT molecular complexity index is 652. The first-order valence-electron chi connectivity index (χ1n) is 6.14. The molecule has 118 valence electrons. The molecule has 2 atom stereocenters. The van der Waals surface area contributed by atoms with Crippen LogP contribution in [0.2, 0.25) is 0 Å². The van der Waals surface area contributed by atoms with E-state index in [2.05, 4.69) is 0 Å². The Kier molecular flexibility index (Phi) is 4.29. The summed E-state index contributed by atoms with van der Waals surface area (Å²) >= 11 is 0. The van der Waals surface area contributed by atoms with Gasteiger partial charge in [0.25, 0.3) is 0 Å². The number of aliphatic hydroxyl groups is 1. The maximum atomic E-state index is 13.5. The molecule has 2 rings (SSSR count). The molecule has 2 unspecified atom stereocenters. The quantitative estimate of drug-likeness (QED) is 0.807. The molecular weight excluding hydrogens is 311 g/mol. The average Bonchev–Trinajstić information content (AvgIpc) is 2.74. The molecule has 0 saturated carbocycles. The van der Waals surface area contributed by atoms with Crippen molar-refractivity contribution in [2.24, 2.45) is 0 Å². The minimum absolute atomic E-state index is 0.205. The van der Waals surface area contributed by atoms with Gasteiger partial charge in [-0.3, -0.25) is 0 Å². The summed E-state index contributed by atoms with van der Waals surface area (Å²) in [6, 6.07) is 1.14. The monoisotopic (exact) mass is 325 g/mol. The first kappa shape index (κ1) is 16.2. The molecule has 1 aliphatic rings. The standard InChI is InChI=1S/C12H14F3NO4S/c1-7-12(17,4-5-20-7)6-16-21(18,19)9-3-2-8(13)10(14)11(9)15/h2-3,7,16-17H,4-6H2,1H3. The van der Waals surface area contributed by atoms with E-state index in [1.807, 2.05) is 4.72 Å². The van der Waals surface area contributed by atoms with Crippen LogP contribution in [-0.2, 0) is 14.8 Å². The number of sulfonamides is 1. The lowest BCUT2D eigenvalue weighted by atomic mass is 9.97. The summed E-state index contributed by atoms with van der Waals surface area (Å²) in [6.07, 6.45) is -0.397. The fourth-order valence-electron chi connectivity index (χ4n) is 2.02. The van der Waals surface area contributed by atoms with Gasteiger partial charge in [0.2, 0.25) is 10.0 Å². The van der Waals surface area contributed by atoms with E-state index in [4.69, 9.17) is 4.74 Å². The van der Waals surface area contributed by atoms with Crippen LogP contribution in [0.4, 0.5) is 13.2 Å². The molecule has 21 heavy (non-hydrogen) atoms. The second kappa shape index (κ2) is 5.56. The van der Waals surface area contributed by atoms with Gasteiger partial charge < -0.3 is 9.84 Å². The zero-order valence-electron chi connectivity index (χ0n) is 11.1. The number of ether oxygens (including phenoxy) is 1. The molecule has 0 radical (unpaired) electrons. The molecule has 0 aliphatic carbocycles. The van der Waals surface area contributed by atoms with E-state index >= 15 is 0 Å². The van der Waals surface area contributed by atoms with Gasteiger partial charge in [0.1, 0.15) is 10.5 Å². The normalized spacial score (nSPS) is 26.2. The molecule has 1 fully saturated rings. The fourth-order valence-corrected chi connectivity index (χ4v) is 3.18. The van der Waals surface area contributed by atoms with Gasteiger partial charge in [-0.2, -0.15) is 0 Å². The van der Waals surface area contributed by atoms with Crippen LogP contribution >= 0.6 is 0 Å². The number of nitrogens with one attached hydrogen (secondary N) is 1. The number of rotatable bonds is 4. The highest BCUT2D eigenvalue weighted by molar-refractivity contribution is 7.89. The summed E-state index contributed by atoms with van der Waals surface area (Å²) in [6.45, 7) is 1.41. The van der Waals surface area contributed by atoms with E-state index in [1.165, 1.54) is 0 Å². The molecule has 1 aromatic carbocycles. The van der Waals surface area contributed by atoms with Crippen molar-refractivity contribution in [1.82, 2.24) is 4.72 Å². The predicted molar refractivity (Wildman–Crippen MR) is 66.5 cm³/mol. The van der Waals surface area contributed by atoms with Crippen molar-refractivity contribution in [2.75, 3.05) is 13.2 Å². The molecule has 1 heterocycles. The predicted octanol–water partition coefficient (Wildman–Crippen LogP) is 0.922. The van der Waals surface area contributed by atoms with Crippen molar-refractivity contribution >= 4 is 10.0 Å². The van der Waals surface area contributed by atoms with Gasteiger partial charge in [0.05, 0.1) is 6.10 Å². The van der Waals surface area contributed by atoms with Crippen LogP contribution in [0.15, 0.2) is 17.0 Å². The van der Waals surface area contributed by atoms with Crippen LogP contribution in [0, 0.1) is 17.5 Å². The zero-order chi connectivity index (χ0) is 15.8. The lowest BCUT2D eigenvalue weighted by molar-refractivity contribution is -0.0228. The topological polar surface area (TPSA) is 75.6 Å². The third-order valence-corrected chi connectivity index (χ3v) is 4.94. The first-order chi connectivity index (χ1) is 9.67. The molecule has 2 N–H and O–H groups in total. The second-order valence-electron chi connectivity index (χ2n) is 4.86. The summed E-state index contributed by atoms with van der Waals surface area (Å²) in [5.74, 6) is -5.15. The molecule has 5 nitrogen and oxygen atoms in total. The van der Waals surface area contributed by atoms with E-state index < -0.39 is 50.6 Å². The van der Waals surface area contributed by atoms with Crippen molar-refractivity contribution in [3.63, 3.8) is 0 Å². The number of hydrogen-bond acceptors (Lipinski definition) is 4. The SMILES string of the molecule is CC1OCCC1(O)CNS(=O)(=O)c1ccc(F)c(F)c1F. The van der Waals surface area contributed by atoms with Gasteiger partial charge in [0, 0.05) is 19.6 Å². The number of halogens is 3. The molecule has 1 aromatic rings. The van der Waals surface area contributed by atoms with Crippen LogP contribution in [0.3, 0.4) is 0 Å². The van der Waals surface area contributed by atoms with Crippen LogP contribution in [-0.4, -0.2) is 38.4 Å². The van der Waals surface area contributed by atoms with Gasteiger partial charge in [-0.1, -0.05) is 0 Å². The van der Waals surface area contributed by atoms with E-state index in [-0.39, 0.29) is 13.0 Å². The molecule has 1 aliphatic heterocycles. The van der Waals surface area contributed by atoms with E-state index in [9.17, 15) is 26.7 Å². The molecule has 0 spiro atoms. The summed E-state index contributed by atoms with van der Waals surface area (Å²) in [4.78, 5) is -1.02. The third-order valence-electron chi connectivity index (χ3n) is 3.52. The van der Waals surface area contributed by atoms with Crippen LogP contribution in [0.1, 0.15) is 13.3 Å². The van der Waals surface area contributed by atoms with Gasteiger partial charge in [-0.15, -0.1) is 0 Å². The molecule has 1 saturated heterocycles. The molecule has 0 bridgehead atoms. The van der Waals surface area contributed by atoms with E-state index in [0.717, 1.165) is 0 Å². The lowest BCUT2D eigenvalue weighted by Crippen LogP contribution is -2.47. The number of hydrogen-bond donors (Lipinski definition) is 2. The minimum Gasteiger partial charge on any atom is -0.386 e. The van der Waals surface area contributed by atoms with E-state index in [0.29, 0.717) is 12.1 Å². The summed E-state index contributed by atoms with van der Waals surface area (Å²) in [5.41, 5.74) is -1.43. The van der Waals surface area contributed by atoms with Crippen LogP contribution < -0.4 is 4.72 Å². The van der Waals surface area contributed by atoms with Crippen LogP contribution in [0.5, 0.6) is 0 Å². The second-order valence-corrected chi connectivity index (χ2v) is 6.60.